The van der Waals surface area contributed by atoms with E-state index in [1.807, 2.05) is 30.3 Å². The topological polar surface area (TPSA) is 195 Å². The fraction of sp³-hybridized carbons (Fsp3) is 0. The number of H-pyrrole nitrogens is 2. The number of fused-ring (bicyclic) bond motifs is 4. The third-order valence-electron chi connectivity index (χ3n) is 7.30. The summed E-state index contributed by atoms with van der Waals surface area (Å²) in [6.45, 7) is 0. The highest BCUT2D eigenvalue weighted by Gasteiger charge is 2.24. The summed E-state index contributed by atoms with van der Waals surface area (Å²) in [7, 11) is -1.79. The standard InChI is InChI=1S/C16H9N3O4S2.C16H9N3O3S2/c20-16-18-11-6-15(12(19(21)22)7-13(11)24-16)25(23)14-3-1-2-9-8-17-5-4-10(9)14;20-16-18-11-6-15(12(19(21)22)7-14(11)24-16)23-13-3-1-2-9-8-17-5-4-10(9)13/h1-8H,(H,18,20);1-8H,(H,18,20). The Hall–Kier alpha value is -5.62. The minimum Gasteiger partial charge on any atom is -0.312 e. The molecule has 0 spiro atoms. The number of aromatic amines is 2. The molecule has 8 rings (SSSR count). The lowest BCUT2D eigenvalue weighted by Crippen LogP contribution is -2.00. The van der Waals surface area contributed by atoms with E-state index in [1.165, 1.54) is 30.0 Å². The van der Waals surface area contributed by atoms with E-state index in [1.54, 1.807) is 49.1 Å². The smallest absolute Gasteiger partial charge is 0.305 e. The molecular weight excluding hydrogens is 709 g/mol. The summed E-state index contributed by atoms with van der Waals surface area (Å²) in [4.78, 5) is 59.7. The molecule has 0 saturated heterocycles. The molecule has 4 aromatic carbocycles. The summed E-state index contributed by atoms with van der Waals surface area (Å²) in [5, 5.41) is 26.3. The first-order valence-corrected chi connectivity index (χ1v) is 17.6. The second-order valence-corrected chi connectivity index (χ2v) is 14.8. The monoisotopic (exact) mass is 726 g/mol. The minimum atomic E-state index is -1.79. The Labute approximate surface area is 288 Å². The number of nitrogens with one attached hydrogen (secondary N) is 2. The van der Waals surface area contributed by atoms with E-state index < -0.39 is 20.6 Å². The molecule has 0 fully saturated rings. The number of aromatic nitrogens is 4. The predicted molar refractivity (Wildman–Crippen MR) is 190 cm³/mol. The average molecular weight is 727 g/mol. The minimum absolute atomic E-state index is 0.00573. The molecule has 0 radical (unpaired) electrons. The zero-order chi connectivity index (χ0) is 34.2. The molecule has 49 heavy (non-hydrogen) atoms. The van der Waals surface area contributed by atoms with Gasteiger partial charge in [0.2, 0.25) is 0 Å². The van der Waals surface area contributed by atoms with Gasteiger partial charge in [0.05, 0.1) is 50.9 Å². The Balaban J connectivity index is 0.000000154. The van der Waals surface area contributed by atoms with Gasteiger partial charge in [0.25, 0.3) is 11.4 Å². The van der Waals surface area contributed by atoms with Gasteiger partial charge in [-0.3, -0.25) is 39.8 Å². The van der Waals surface area contributed by atoms with Crippen molar-refractivity contribution in [3.63, 3.8) is 0 Å². The Morgan fingerprint density at radius 2 is 1.24 bits per heavy atom. The molecule has 0 aliphatic heterocycles. The summed E-state index contributed by atoms with van der Waals surface area (Å²) in [5.74, 6) is 0. The highest BCUT2D eigenvalue weighted by Crippen LogP contribution is 2.40. The molecule has 0 saturated carbocycles. The Kier molecular flexibility index (Phi) is 8.55. The molecule has 1 atom stereocenters. The molecular formula is C32H18N6O7S4. The van der Waals surface area contributed by atoms with Crippen LogP contribution in [0.1, 0.15) is 0 Å². The zero-order valence-corrected chi connectivity index (χ0v) is 27.8. The number of hydrogen-bond donors (Lipinski definition) is 2. The van der Waals surface area contributed by atoms with E-state index in [0.29, 0.717) is 35.6 Å². The van der Waals surface area contributed by atoms with Gasteiger partial charge in [-0.15, -0.1) is 0 Å². The van der Waals surface area contributed by atoms with E-state index in [0.717, 1.165) is 43.7 Å². The summed E-state index contributed by atoms with van der Waals surface area (Å²) in [6, 6.07) is 20.4. The van der Waals surface area contributed by atoms with Gasteiger partial charge >= 0.3 is 9.75 Å². The van der Waals surface area contributed by atoms with Gasteiger partial charge in [0, 0.05) is 58.0 Å². The molecule has 13 nitrogen and oxygen atoms in total. The van der Waals surface area contributed by atoms with Crippen LogP contribution in [0.2, 0.25) is 0 Å². The molecule has 1 unspecified atom stereocenters. The summed E-state index contributed by atoms with van der Waals surface area (Å²) in [5.41, 5.74) is 0.770. The third kappa shape index (κ3) is 6.34. The normalized spacial score (nSPS) is 11.8. The second kappa shape index (κ2) is 13.1. The van der Waals surface area contributed by atoms with Gasteiger partial charge in [0.1, 0.15) is 4.90 Å². The maximum atomic E-state index is 13.1. The number of nitro benzene ring substituents is 2. The first kappa shape index (κ1) is 32.0. The SMILES string of the molecule is O=c1[nH]c2cc(S(=O)c3cccc4cnccc34)c([N+](=O)[O-])cc2s1.O=c1[nH]c2cc(Sc3cccc4cnccc34)c([N+](=O)[O-])cc2s1. The molecule has 4 aromatic heterocycles. The van der Waals surface area contributed by atoms with Crippen molar-refractivity contribution in [1.29, 1.82) is 0 Å². The largest absolute Gasteiger partial charge is 0.312 e. The first-order chi connectivity index (χ1) is 23.7. The maximum absolute atomic E-state index is 13.1. The van der Waals surface area contributed by atoms with E-state index in [9.17, 15) is 34.0 Å². The highest BCUT2D eigenvalue weighted by atomic mass is 32.2. The van der Waals surface area contributed by atoms with E-state index in [4.69, 9.17) is 0 Å². The molecule has 17 heteroatoms. The molecule has 0 bridgehead atoms. The Morgan fingerprint density at radius 1 is 0.673 bits per heavy atom. The molecule has 4 heterocycles. The van der Waals surface area contributed by atoms with Gasteiger partial charge in [0.15, 0.2) is 0 Å². The zero-order valence-electron chi connectivity index (χ0n) is 24.5. The first-order valence-electron chi connectivity index (χ1n) is 14.0. The maximum Gasteiger partial charge on any atom is 0.305 e. The third-order valence-corrected chi connectivity index (χ3v) is 11.6. The number of rotatable bonds is 6. The Bertz CT molecular complexity index is 2750. The van der Waals surface area contributed by atoms with Crippen LogP contribution in [0, 0.1) is 20.2 Å². The molecule has 0 aliphatic carbocycles. The van der Waals surface area contributed by atoms with Crippen molar-refractivity contribution >= 4 is 98.6 Å². The lowest BCUT2D eigenvalue weighted by atomic mass is 10.2. The van der Waals surface area contributed by atoms with Crippen LogP contribution in [0.15, 0.2) is 127 Å². The molecule has 2 N–H and O–H groups in total. The molecule has 242 valence electrons. The lowest BCUT2D eigenvalue weighted by molar-refractivity contribution is -0.387. The van der Waals surface area contributed by atoms with Crippen molar-refractivity contribution in [2.24, 2.45) is 0 Å². The van der Waals surface area contributed by atoms with Crippen molar-refractivity contribution < 1.29 is 14.1 Å². The van der Waals surface area contributed by atoms with Crippen LogP contribution in [0.5, 0.6) is 0 Å². The van der Waals surface area contributed by atoms with Crippen molar-refractivity contribution in [3.8, 4) is 0 Å². The van der Waals surface area contributed by atoms with Crippen LogP contribution in [-0.2, 0) is 10.8 Å². The molecule has 0 aliphatic rings. The predicted octanol–water partition coefficient (Wildman–Crippen LogP) is 7.41. The lowest BCUT2D eigenvalue weighted by Gasteiger charge is -2.07. The Morgan fingerprint density at radius 3 is 1.90 bits per heavy atom. The van der Waals surface area contributed by atoms with Gasteiger partial charge in [-0.25, -0.2) is 4.21 Å². The van der Waals surface area contributed by atoms with Crippen LogP contribution >= 0.6 is 34.4 Å². The number of nitrogens with zero attached hydrogens (tertiary/aromatic N) is 4. The van der Waals surface area contributed by atoms with Crippen LogP contribution < -0.4 is 9.75 Å². The van der Waals surface area contributed by atoms with Gasteiger partial charge in [-0.1, -0.05) is 58.7 Å². The van der Waals surface area contributed by atoms with E-state index in [2.05, 4.69) is 19.9 Å². The van der Waals surface area contributed by atoms with E-state index >= 15 is 0 Å². The molecule has 8 aromatic rings. The van der Waals surface area contributed by atoms with Crippen molar-refractivity contribution in [1.82, 2.24) is 19.9 Å². The van der Waals surface area contributed by atoms with Gasteiger partial charge in [-0.05, 0) is 41.8 Å². The average Bonchev–Trinajstić information content (AvgIpc) is 3.66. The number of pyridine rings is 2. The van der Waals surface area contributed by atoms with Crippen molar-refractivity contribution in [3.05, 3.63) is 137 Å². The summed E-state index contributed by atoms with van der Waals surface area (Å²) >= 11 is 3.16. The summed E-state index contributed by atoms with van der Waals surface area (Å²) < 4.78 is 14.2. The van der Waals surface area contributed by atoms with Crippen molar-refractivity contribution in [2.75, 3.05) is 0 Å². The second-order valence-electron chi connectivity index (χ2n) is 10.3. The van der Waals surface area contributed by atoms with Crippen LogP contribution in [0.25, 0.3) is 42.0 Å². The fourth-order valence-electron chi connectivity index (χ4n) is 5.12. The van der Waals surface area contributed by atoms with Gasteiger partial charge in [-0.2, -0.15) is 0 Å². The number of thiazole rings is 2. The number of hydrogen-bond acceptors (Lipinski definition) is 12. The number of benzene rings is 4. The van der Waals surface area contributed by atoms with Gasteiger partial charge < -0.3 is 9.97 Å². The van der Waals surface area contributed by atoms with Crippen LogP contribution in [0.4, 0.5) is 11.4 Å². The number of nitro groups is 2. The van der Waals surface area contributed by atoms with E-state index in [-0.39, 0.29) is 26.0 Å². The van der Waals surface area contributed by atoms with Crippen LogP contribution in [0.3, 0.4) is 0 Å². The van der Waals surface area contributed by atoms with Crippen molar-refractivity contribution in [2.45, 2.75) is 19.6 Å². The summed E-state index contributed by atoms with van der Waals surface area (Å²) in [6.07, 6.45) is 6.68. The quantitative estimate of drug-likeness (QED) is 0.129. The molecule has 0 amide bonds. The van der Waals surface area contributed by atoms with Crippen LogP contribution in [-0.4, -0.2) is 34.0 Å². The fourth-order valence-corrected chi connectivity index (χ4v) is 9.09. The highest BCUT2D eigenvalue weighted by molar-refractivity contribution is 7.99.